The van der Waals surface area contributed by atoms with Gasteiger partial charge in [0.2, 0.25) is 0 Å². The smallest absolute Gasteiger partial charge is 0.123 e. The maximum Gasteiger partial charge on any atom is 0.123 e. The molecule has 0 radical (unpaired) electrons. The zero-order valence-corrected chi connectivity index (χ0v) is 8.38. The zero-order valence-electron chi connectivity index (χ0n) is 8.38. The van der Waals surface area contributed by atoms with Crippen LogP contribution in [0.1, 0.15) is 18.1 Å². The lowest BCUT2D eigenvalue weighted by molar-refractivity contribution is 1.03. The molecule has 1 heterocycles. The molecule has 15 heavy (non-hydrogen) atoms. The number of aryl methyl sites for hydroxylation is 1. The third-order valence-corrected chi connectivity index (χ3v) is 2.29. The van der Waals surface area contributed by atoms with Gasteiger partial charge in [0.25, 0.3) is 0 Å². The molecule has 0 N–H and O–H groups in total. The first-order chi connectivity index (χ1) is 7.35. The van der Waals surface area contributed by atoms with E-state index >= 15 is 0 Å². The van der Waals surface area contributed by atoms with Gasteiger partial charge in [-0.05, 0) is 24.1 Å². The molecule has 0 fully saturated rings. The molecule has 0 aliphatic carbocycles. The van der Waals surface area contributed by atoms with Crippen molar-refractivity contribution in [2.45, 2.75) is 13.3 Å². The molecule has 4 nitrogen and oxygen atoms in total. The van der Waals surface area contributed by atoms with Crippen molar-refractivity contribution in [3.63, 3.8) is 0 Å². The maximum atomic E-state index is 8.98. The standard InChI is InChI=1S/C11H10N4/c1-2-9-3-4-10(6-12)11(5-9)15-7-13-14-8-15/h3-5,7-8H,2H2,1H3. The second-order valence-electron chi connectivity index (χ2n) is 3.19. The van der Waals surface area contributed by atoms with Gasteiger partial charge in [0.05, 0.1) is 11.3 Å². The van der Waals surface area contributed by atoms with Gasteiger partial charge in [-0.2, -0.15) is 5.26 Å². The average molecular weight is 198 g/mol. The number of hydrogen-bond acceptors (Lipinski definition) is 3. The van der Waals surface area contributed by atoms with Gasteiger partial charge in [-0.1, -0.05) is 13.0 Å². The van der Waals surface area contributed by atoms with Crippen molar-refractivity contribution in [1.29, 1.82) is 5.26 Å². The van der Waals surface area contributed by atoms with Gasteiger partial charge in [0, 0.05) is 0 Å². The van der Waals surface area contributed by atoms with Crippen LogP contribution in [0.5, 0.6) is 0 Å². The summed E-state index contributed by atoms with van der Waals surface area (Å²) in [6.45, 7) is 2.08. The fourth-order valence-corrected chi connectivity index (χ4v) is 1.43. The third-order valence-electron chi connectivity index (χ3n) is 2.29. The first-order valence-electron chi connectivity index (χ1n) is 4.73. The Morgan fingerprint density at radius 1 is 1.33 bits per heavy atom. The second-order valence-corrected chi connectivity index (χ2v) is 3.19. The van der Waals surface area contributed by atoms with Gasteiger partial charge >= 0.3 is 0 Å². The molecule has 0 atom stereocenters. The number of nitrogens with zero attached hydrogens (tertiary/aromatic N) is 4. The summed E-state index contributed by atoms with van der Waals surface area (Å²) in [7, 11) is 0. The summed E-state index contributed by atoms with van der Waals surface area (Å²) in [6, 6.07) is 7.94. The topological polar surface area (TPSA) is 54.5 Å². The Kier molecular flexibility index (Phi) is 2.46. The van der Waals surface area contributed by atoms with Crippen LogP contribution in [-0.4, -0.2) is 14.8 Å². The van der Waals surface area contributed by atoms with Crippen molar-refractivity contribution in [1.82, 2.24) is 14.8 Å². The number of benzene rings is 1. The van der Waals surface area contributed by atoms with Gasteiger partial charge in [-0.25, -0.2) is 0 Å². The molecule has 0 aliphatic rings. The first-order valence-corrected chi connectivity index (χ1v) is 4.73. The summed E-state index contributed by atoms with van der Waals surface area (Å²) in [5, 5.41) is 16.4. The van der Waals surface area contributed by atoms with Crippen LogP contribution in [0.4, 0.5) is 0 Å². The minimum Gasteiger partial charge on any atom is -0.287 e. The predicted molar refractivity (Wildman–Crippen MR) is 55.5 cm³/mol. The predicted octanol–water partition coefficient (Wildman–Crippen LogP) is 1.70. The largest absolute Gasteiger partial charge is 0.287 e. The Morgan fingerprint density at radius 2 is 2.07 bits per heavy atom. The molecule has 2 aromatic rings. The molecule has 1 aromatic carbocycles. The van der Waals surface area contributed by atoms with Crippen LogP contribution in [0.3, 0.4) is 0 Å². The van der Waals surface area contributed by atoms with Crippen LogP contribution in [0.15, 0.2) is 30.9 Å². The molecular formula is C11H10N4. The Labute approximate surface area is 87.8 Å². The van der Waals surface area contributed by atoms with E-state index < -0.39 is 0 Å². The molecule has 0 aliphatic heterocycles. The highest BCUT2D eigenvalue weighted by molar-refractivity contribution is 5.50. The van der Waals surface area contributed by atoms with Crippen molar-refractivity contribution in [2.75, 3.05) is 0 Å². The summed E-state index contributed by atoms with van der Waals surface area (Å²) < 4.78 is 1.75. The lowest BCUT2D eigenvalue weighted by Gasteiger charge is -2.05. The number of hydrogen-bond donors (Lipinski definition) is 0. The van der Waals surface area contributed by atoms with Gasteiger partial charge in [0.15, 0.2) is 0 Å². The minimum absolute atomic E-state index is 0.631. The molecule has 74 valence electrons. The summed E-state index contributed by atoms with van der Waals surface area (Å²) in [5.41, 5.74) is 2.66. The number of aromatic nitrogens is 3. The second kappa shape index (κ2) is 3.93. The van der Waals surface area contributed by atoms with Crippen molar-refractivity contribution < 1.29 is 0 Å². The quantitative estimate of drug-likeness (QED) is 0.738. The van der Waals surface area contributed by atoms with Crippen molar-refractivity contribution >= 4 is 0 Å². The molecule has 0 saturated carbocycles. The summed E-state index contributed by atoms with van der Waals surface area (Å²) in [5.74, 6) is 0. The molecule has 2 rings (SSSR count). The van der Waals surface area contributed by atoms with E-state index in [9.17, 15) is 0 Å². The number of rotatable bonds is 2. The molecule has 0 unspecified atom stereocenters. The van der Waals surface area contributed by atoms with E-state index in [0.717, 1.165) is 12.1 Å². The Bertz CT molecular complexity index is 494. The zero-order chi connectivity index (χ0) is 10.7. The fourth-order valence-electron chi connectivity index (χ4n) is 1.43. The van der Waals surface area contributed by atoms with Crippen LogP contribution in [0.25, 0.3) is 5.69 Å². The van der Waals surface area contributed by atoms with Crippen LogP contribution in [0, 0.1) is 11.3 Å². The highest BCUT2D eigenvalue weighted by Crippen LogP contribution is 2.15. The van der Waals surface area contributed by atoms with E-state index in [1.54, 1.807) is 17.2 Å². The maximum absolute atomic E-state index is 8.98. The molecule has 0 amide bonds. The van der Waals surface area contributed by atoms with E-state index in [1.165, 1.54) is 5.56 Å². The summed E-state index contributed by atoms with van der Waals surface area (Å²) in [4.78, 5) is 0. The van der Waals surface area contributed by atoms with Crippen LogP contribution >= 0.6 is 0 Å². The van der Waals surface area contributed by atoms with Crippen molar-refractivity contribution in [3.05, 3.63) is 42.0 Å². The Morgan fingerprint density at radius 3 is 2.67 bits per heavy atom. The molecular weight excluding hydrogens is 188 g/mol. The van der Waals surface area contributed by atoms with E-state index in [0.29, 0.717) is 5.56 Å². The summed E-state index contributed by atoms with van der Waals surface area (Å²) in [6.07, 6.45) is 4.13. The fraction of sp³-hybridized carbons (Fsp3) is 0.182. The lowest BCUT2D eigenvalue weighted by atomic mass is 10.1. The van der Waals surface area contributed by atoms with Crippen LogP contribution in [0.2, 0.25) is 0 Å². The lowest BCUT2D eigenvalue weighted by Crippen LogP contribution is -1.96. The third kappa shape index (κ3) is 1.72. The van der Waals surface area contributed by atoms with Crippen LogP contribution in [-0.2, 0) is 6.42 Å². The van der Waals surface area contributed by atoms with E-state index in [1.807, 2.05) is 18.2 Å². The Hall–Kier alpha value is -2.15. The van der Waals surface area contributed by atoms with E-state index in [2.05, 4.69) is 23.2 Å². The van der Waals surface area contributed by atoms with Gasteiger partial charge in [-0.3, -0.25) is 4.57 Å². The molecule has 1 aromatic heterocycles. The van der Waals surface area contributed by atoms with E-state index in [-0.39, 0.29) is 0 Å². The monoisotopic (exact) mass is 198 g/mol. The van der Waals surface area contributed by atoms with Crippen molar-refractivity contribution in [3.8, 4) is 11.8 Å². The normalized spacial score (nSPS) is 9.87. The van der Waals surface area contributed by atoms with Gasteiger partial charge in [-0.15, -0.1) is 10.2 Å². The molecule has 4 heteroatoms. The Balaban J connectivity index is 2.58. The van der Waals surface area contributed by atoms with Gasteiger partial charge < -0.3 is 0 Å². The van der Waals surface area contributed by atoms with Gasteiger partial charge in [0.1, 0.15) is 18.7 Å². The van der Waals surface area contributed by atoms with E-state index in [4.69, 9.17) is 5.26 Å². The SMILES string of the molecule is CCc1ccc(C#N)c(-n2cnnc2)c1. The molecule has 0 saturated heterocycles. The van der Waals surface area contributed by atoms with Crippen molar-refractivity contribution in [2.24, 2.45) is 0 Å². The average Bonchev–Trinajstić information content (AvgIpc) is 2.81. The minimum atomic E-state index is 0.631. The number of nitriles is 1. The van der Waals surface area contributed by atoms with Crippen LogP contribution < -0.4 is 0 Å². The molecule has 0 spiro atoms. The highest BCUT2D eigenvalue weighted by atomic mass is 15.2. The summed E-state index contributed by atoms with van der Waals surface area (Å²) >= 11 is 0. The highest BCUT2D eigenvalue weighted by Gasteiger charge is 2.04. The first kappa shape index (κ1) is 9.41. The molecule has 0 bridgehead atoms.